The molecule has 0 aliphatic carbocycles. The number of pyridine rings is 1. The third-order valence-corrected chi connectivity index (χ3v) is 6.13. The van der Waals surface area contributed by atoms with Gasteiger partial charge in [0.25, 0.3) is 0 Å². The van der Waals surface area contributed by atoms with Gasteiger partial charge in [-0.05, 0) is 61.2 Å². The van der Waals surface area contributed by atoms with Crippen LogP contribution in [0.4, 0.5) is 11.5 Å². The Balaban J connectivity index is 1.55. The Kier molecular flexibility index (Phi) is 6.48. The summed E-state index contributed by atoms with van der Waals surface area (Å²) in [7, 11) is 0. The zero-order valence-corrected chi connectivity index (χ0v) is 17.9. The summed E-state index contributed by atoms with van der Waals surface area (Å²) >= 11 is 12.6. The van der Waals surface area contributed by atoms with Gasteiger partial charge in [0.1, 0.15) is 11.6 Å². The summed E-state index contributed by atoms with van der Waals surface area (Å²) in [5, 5.41) is 11.2. The second-order valence-corrected chi connectivity index (χ2v) is 8.25. The van der Waals surface area contributed by atoms with Crippen LogP contribution in [0.2, 0.25) is 10.0 Å². The normalized spacial score (nSPS) is 17.9. The van der Waals surface area contributed by atoms with Gasteiger partial charge in [0.15, 0.2) is 0 Å². The molecule has 1 N–H and O–H groups in total. The molecule has 4 rings (SSSR count). The number of nitrogens with zero attached hydrogens (tertiary/aromatic N) is 4. The van der Waals surface area contributed by atoms with Crippen LogP contribution < -0.4 is 9.80 Å². The van der Waals surface area contributed by atoms with Gasteiger partial charge in [-0.3, -0.25) is 0 Å². The number of hydrogen-bond donors (Lipinski definition) is 1. The molecule has 2 aliphatic heterocycles. The van der Waals surface area contributed by atoms with E-state index < -0.39 is 0 Å². The Hall–Kier alpha value is -1.95. The van der Waals surface area contributed by atoms with Gasteiger partial charge in [-0.1, -0.05) is 23.2 Å². The highest BCUT2D eigenvalue weighted by atomic mass is 35.5. The van der Waals surface area contributed by atoms with Gasteiger partial charge in [-0.15, -0.1) is 0 Å². The first kappa shape index (κ1) is 20.3. The maximum absolute atomic E-state index is 9.74. The largest absolute Gasteiger partial charge is 0.392 e. The quantitative estimate of drug-likeness (QED) is 0.784. The van der Waals surface area contributed by atoms with Crippen LogP contribution in [0.1, 0.15) is 18.4 Å². The molecule has 5 nitrogen and oxygen atoms in total. The average molecular weight is 433 g/mol. The van der Waals surface area contributed by atoms with E-state index in [0.717, 1.165) is 68.6 Å². The fraction of sp³-hybridized carbons (Fsp3) is 0.409. The van der Waals surface area contributed by atoms with Crippen molar-refractivity contribution in [1.82, 2.24) is 9.88 Å². The predicted octanol–water partition coefficient (Wildman–Crippen LogP) is 4.19. The Labute approximate surface area is 182 Å². The second-order valence-electron chi connectivity index (χ2n) is 7.41. The molecule has 1 fully saturated rings. The SMILES string of the molecule is OCC=C(N1CCN(c2ncccc2Cl)CC1)N1CCCCc2cc(Cl)ccc21. The van der Waals surface area contributed by atoms with Crippen LogP contribution in [-0.2, 0) is 6.42 Å². The van der Waals surface area contributed by atoms with Crippen molar-refractivity contribution in [3.05, 3.63) is 64.0 Å². The molecule has 7 heteroatoms. The number of aromatic nitrogens is 1. The molecule has 0 amide bonds. The molecule has 0 saturated carbocycles. The minimum atomic E-state index is 0.0149. The molecule has 154 valence electrons. The Morgan fingerprint density at radius 3 is 2.66 bits per heavy atom. The molecule has 0 radical (unpaired) electrons. The van der Waals surface area contributed by atoms with E-state index in [0.29, 0.717) is 5.02 Å². The topological polar surface area (TPSA) is 42.8 Å². The highest BCUT2D eigenvalue weighted by Crippen LogP contribution is 2.33. The summed E-state index contributed by atoms with van der Waals surface area (Å²) in [6.45, 7) is 4.31. The van der Waals surface area contributed by atoms with Gasteiger partial charge in [0.2, 0.25) is 0 Å². The smallest absolute Gasteiger partial charge is 0.147 e. The molecule has 1 saturated heterocycles. The summed E-state index contributed by atoms with van der Waals surface area (Å²) < 4.78 is 0. The maximum atomic E-state index is 9.74. The minimum absolute atomic E-state index is 0.0149. The van der Waals surface area contributed by atoms with Crippen LogP contribution in [-0.4, -0.2) is 54.3 Å². The molecule has 2 aromatic rings. The molecule has 1 aromatic carbocycles. The van der Waals surface area contributed by atoms with E-state index in [1.165, 1.54) is 11.3 Å². The molecular weight excluding hydrogens is 407 g/mol. The lowest BCUT2D eigenvalue weighted by Crippen LogP contribution is -2.49. The molecule has 0 unspecified atom stereocenters. The van der Waals surface area contributed by atoms with Crippen molar-refractivity contribution in [2.24, 2.45) is 0 Å². The van der Waals surface area contributed by atoms with E-state index in [-0.39, 0.29) is 6.61 Å². The number of piperazine rings is 1. The van der Waals surface area contributed by atoms with Crippen molar-refractivity contribution in [2.75, 3.05) is 49.1 Å². The van der Waals surface area contributed by atoms with Crippen LogP contribution in [0.15, 0.2) is 48.4 Å². The molecule has 29 heavy (non-hydrogen) atoms. The van der Waals surface area contributed by atoms with Crippen molar-refractivity contribution in [2.45, 2.75) is 19.3 Å². The van der Waals surface area contributed by atoms with Crippen LogP contribution in [0.5, 0.6) is 0 Å². The number of aryl methyl sites for hydroxylation is 1. The molecule has 0 bridgehead atoms. The van der Waals surface area contributed by atoms with Crippen molar-refractivity contribution in [1.29, 1.82) is 0 Å². The van der Waals surface area contributed by atoms with Gasteiger partial charge in [0.05, 0.1) is 11.6 Å². The number of aliphatic hydroxyl groups excluding tert-OH is 1. The lowest BCUT2D eigenvalue weighted by Gasteiger charge is -2.42. The number of fused-ring (bicyclic) bond motifs is 1. The molecule has 2 aliphatic rings. The first-order valence-electron chi connectivity index (χ1n) is 10.1. The number of halogens is 2. The first-order valence-corrected chi connectivity index (χ1v) is 10.9. The molecule has 3 heterocycles. The Morgan fingerprint density at radius 1 is 1.07 bits per heavy atom. The zero-order valence-electron chi connectivity index (χ0n) is 16.4. The van der Waals surface area contributed by atoms with Gasteiger partial charge in [-0.25, -0.2) is 4.98 Å². The third kappa shape index (κ3) is 4.47. The predicted molar refractivity (Wildman–Crippen MR) is 120 cm³/mol. The third-order valence-electron chi connectivity index (χ3n) is 5.60. The second kappa shape index (κ2) is 9.24. The zero-order chi connectivity index (χ0) is 20.2. The molecule has 1 aromatic heterocycles. The maximum Gasteiger partial charge on any atom is 0.147 e. The summed E-state index contributed by atoms with van der Waals surface area (Å²) in [6, 6.07) is 9.88. The lowest BCUT2D eigenvalue weighted by molar-refractivity contribution is 0.297. The van der Waals surface area contributed by atoms with E-state index >= 15 is 0 Å². The average Bonchev–Trinajstić information content (AvgIpc) is 2.94. The number of anilines is 2. The van der Waals surface area contributed by atoms with Crippen molar-refractivity contribution < 1.29 is 5.11 Å². The summed E-state index contributed by atoms with van der Waals surface area (Å²) in [5.41, 5.74) is 2.47. The number of aliphatic hydroxyl groups is 1. The Bertz CT molecular complexity index is 881. The first-order chi connectivity index (χ1) is 14.2. The van der Waals surface area contributed by atoms with E-state index in [1.807, 2.05) is 24.3 Å². The van der Waals surface area contributed by atoms with E-state index in [9.17, 15) is 5.11 Å². The highest BCUT2D eigenvalue weighted by Gasteiger charge is 2.26. The number of hydrogen-bond acceptors (Lipinski definition) is 5. The van der Waals surface area contributed by atoms with E-state index in [2.05, 4.69) is 31.8 Å². The van der Waals surface area contributed by atoms with Gasteiger partial charge < -0.3 is 19.8 Å². The lowest BCUT2D eigenvalue weighted by atomic mass is 10.1. The number of benzene rings is 1. The monoisotopic (exact) mass is 432 g/mol. The Morgan fingerprint density at radius 2 is 1.90 bits per heavy atom. The van der Waals surface area contributed by atoms with Crippen molar-refractivity contribution in [3.63, 3.8) is 0 Å². The van der Waals surface area contributed by atoms with Gasteiger partial charge in [0, 0.05) is 49.6 Å². The van der Waals surface area contributed by atoms with Gasteiger partial charge >= 0.3 is 0 Å². The summed E-state index contributed by atoms with van der Waals surface area (Å²) in [6.07, 6.45) is 6.99. The fourth-order valence-corrected chi connectivity index (χ4v) is 4.65. The molecule has 0 atom stereocenters. The highest BCUT2D eigenvalue weighted by molar-refractivity contribution is 6.32. The fourth-order valence-electron chi connectivity index (χ4n) is 4.21. The van der Waals surface area contributed by atoms with Gasteiger partial charge in [-0.2, -0.15) is 0 Å². The van der Waals surface area contributed by atoms with Crippen molar-refractivity contribution in [3.8, 4) is 0 Å². The summed E-state index contributed by atoms with van der Waals surface area (Å²) in [4.78, 5) is 11.4. The molecule has 0 spiro atoms. The standard InChI is InChI=1S/C22H26Cl2N4O/c23-18-6-7-20-17(16-18)4-1-2-10-28(20)21(8-15-29)26-11-13-27(14-12-26)22-19(24)5-3-9-25-22/h3,5-9,16,29H,1-2,4,10-15H2. The summed E-state index contributed by atoms with van der Waals surface area (Å²) in [5.74, 6) is 1.92. The minimum Gasteiger partial charge on any atom is -0.392 e. The molecular formula is C22H26Cl2N4O. The van der Waals surface area contributed by atoms with Crippen LogP contribution in [0, 0.1) is 0 Å². The van der Waals surface area contributed by atoms with E-state index in [1.54, 1.807) is 6.20 Å². The van der Waals surface area contributed by atoms with Crippen LogP contribution in [0.3, 0.4) is 0 Å². The van der Waals surface area contributed by atoms with E-state index in [4.69, 9.17) is 23.2 Å². The van der Waals surface area contributed by atoms with Crippen molar-refractivity contribution >= 4 is 34.7 Å². The number of rotatable bonds is 4. The van der Waals surface area contributed by atoms with Crippen LogP contribution >= 0.6 is 23.2 Å². The van der Waals surface area contributed by atoms with Crippen LogP contribution in [0.25, 0.3) is 0 Å².